The Balaban J connectivity index is 2.12. The lowest BCUT2D eigenvalue weighted by atomic mass is 9.95. The summed E-state index contributed by atoms with van der Waals surface area (Å²) in [6.07, 6.45) is 6.52. The van der Waals surface area contributed by atoms with Crippen LogP contribution in [0, 0.1) is 13.8 Å². The van der Waals surface area contributed by atoms with E-state index in [-0.39, 0.29) is 6.61 Å². The number of nitrogens with zero attached hydrogens (tertiary/aromatic N) is 2. The van der Waals surface area contributed by atoms with E-state index >= 15 is 0 Å². The van der Waals surface area contributed by atoms with Crippen LogP contribution in [0.2, 0.25) is 0 Å². The number of aromatic nitrogens is 2. The van der Waals surface area contributed by atoms with E-state index in [1.807, 2.05) is 11.6 Å². The van der Waals surface area contributed by atoms with Gasteiger partial charge in [-0.3, -0.25) is 0 Å². The molecule has 2 N–H and O–H groups in total. The molecule has 1 fully saturated rings. The molecule has 0 atom stereocenters. The summed E-state index contributed by atoms with van der Waals surface area (Å²) >= 11 is 0. The highest BCUT2D eigenvalue weighted by molar-refractivity contribution is 5.47. The Kier molecular flexibility index (Phi) is 4.05. The third-order valence-electron chi connectivity index (χ3n) is 3.68. The Hall–Kier alpha value is -1.03. The highest BCUT2D eigenvalue weighted by Gasteiger charge is 2.17. The maximum atomic E-state index is 9.06. The maximum absolute atomic E-state index is 9.06. The SMILES string of the molecule is Cc1nn(CCO)c(NC2CCCCC2)c1C. The van der Waals surface area contributed by atoms with Gasteiger partial charge in [-0.05, 0) is 26.7 Å². The maximum Gasteiger partial charge on any atom is 0.127 e. The third-order valence-corrected chi connectivity index (χ3v) is 3.68. The molecule has 1 aromatic heterocycles. The zero-order valence-electron chi connectivity index (χ0n) is 10.9. The monoisotopic (exact) mass is 237 g/mol. The summed E-state index contributed by atoms with van der Waals surface area (Å²) in [5, 5.41) is 17.1. The van der Waals surface area contributed by atoms with Crippen molar-refractivity contribution in [1.29, 1.82) is 0 Å². The van der Waals surface area contributed by atoms with Gasteiger partial charge in [0.2, 0.25) is 0 Å². The zero-order valence-corrected chi connectivity index (χ0v) is 10.9. The fraction of sp³-hybridized carbons (Fsp3) is 0.769. The van der Waals surface area contributed by atoms with Crippen molar-refractivity contribution in [2.45, 2.75) is 58.5 Å². The molecule has 1 aromatic rings. The summed E-state index contributed by atoms with van der Waals surface area (Å²) in [7, 11) is 0. The summed E-state index contributed by atoms with van der Waals surface area (Å²) in [4.78, 5) is 0. The minimum Gasteiger partial charge on any atom is -0.394 e. The standard InChI is InChI=1S/C13H23N3O/c1-10-11(2)15-16(8-9-17)13(10)14-12-6-4-3-5-7-12/h12,14,17H,3-9H2,1-2H3. The first kappa shape index (κ1) is 12.4. The number of aliphatic hydroxyl groups excluding tert-OH is 1. The summed E-state index contributed by atoms with van der Waals surface area (Å²) in [5.41, 5.74) is 2.26. The molecule has 17 heavy (non-hydrogen) atoms. The normalized spacial score (nSPS) is 17.4. The number of hydrogen-bond donors (Lipinski definition) is 2. The predicted octanol–water partition coefficient (Wildman–Crippen LogP) is 2.24. The lowest BCUT2D eigenvalue weighted by Crippen LogP contribution is -2.24. The number of nitrogens with one attached hydrogen (secondary N) is 1. The van der Waals surface area contributed by atoms with Gasteiger partial charge in [0.05, 0.1) is 18.8 Å². The van der Waals surface area contributed by atoms with Crippen molar-refractivity contribution in [3.63, 3.8) is 0 Å². The third kappa shape index (κ3) is 2.80. The van der Waals surface area contributed by atoms with Gasteiger partial charge in [0, 0.05) is 11.6 Å². The van der Waals surface area contributed by atoms with Crippen molar-refractivity contribution in [3.05, 3.63) is 11.3 Å². The van der Waals surface area contributed by atoms with E-state index in [0.717, 1.165) is 11.5 Å². The Morgan fingerprint density at radius 2 is 2.00 bits per heavy atom. The first-order chi connectivity index (χ1) is 8.22. The predicted molar refractivity (Wildman–Crippen MR) is 69.3 cm³/mol. The Morgan fingerprint density at radius 3 is 2.65 bits per heavy atom. The molecule has 1 aliphatic carbocycles. The van der Waals surface area contributed by atoms with Crippen LogP contribution in [0.3, 0.4) is 0 Å². The second kappa shape index (κ2) is 5.54. The van der Waals surface area contributed by atoms with E-state index in [1.165, 1.54) is 37.7 Å². The molecule has 0 aliphatic heterocycles. The van der Waals surface area contributed by atoms with Crippen molar-refractivity contribution in [1.82, 2.24) is 9.78 Å². The molecule has 0 aromatic carbocycles. The van der Waals surface area contributed by atoms with Crippen LogP contribution in [0.25, 0.3) is 0 Å². The van der Waals surface area contributed by atoms with E-state index in [2.05, 4.69) is 17.3 Å². The van der Waals surface area contributed by atoms with E-state index in [4.69, 9.17) is 5.11 Å². The summed E-state index contributed by atoms with van der Waals surface area (Å²) in [6.45, 7) is 4.83. The Bertz CT molecular complexity index is 367. The van der Waals surface area contributed by atoms with Gasteiger partial charge in [0.15, 0.2) is 0 Å². The molecule has 4 nitrogen and oxygen atoms in total. The highest BCUT2D eigenvalue weighted by Crippen LogP contribution is 2.25. The van der Waals surface area contributed by atoms with E-state index in [9.17, 15) is 0 Å². The molecule has 1 saturated carbocycles. The topological polar surface area (TPSA) is 50.1 Å². The van der Waals surface area contributed by atoms with Gasteiger partial charge in [-0.25, -0.2) is 4.68 Å². The van der Waals surface area contributed by atoms with Gasteiger partial charge in [0.25, 0.3) is 0 Å². The van der Waals surface area contributed by atoms with Crippen molar-refractivity contribution < 1.29 is 5.11 Å². The molecule has 0 bridgehead atoms. The van der Waals surface area contributed by atoms with Crippen molar-refractivity contribution in [2.75, 3.05) is 11.9 Å². The Labute approximate surface area is 103 Å². The first-order valence-corrected chi connectivity index (χ1v) is 6.63. The number of rotatable bonds is 4. The van der Waals surface area contributed by atoms with Gasteiger partial charge >= 0.3 is 0 Å². The van der Waals surface area contributed by atoms with Crippen molar-refractivity contribution in [2.24, 2.45) is 0 Å². The molecule has 0 saturated heterocycles. The molecule has 1 aliphatic rings. The van der Waals surface area contributed by atoms with E-state index in [1.54, 1.807) is 0 Å². The fourth-order valence-corrected chi connectivity index (χ4v) is 2.55. The molecule has 0 spiro atoms. The van der Waals surface area contributed by atoms with Gasteiger partial charge < -0.3 is 10.4 Å². The molecular weight excluding hydrogens is 214 g/mol. The molecule has 0 radical (unpaired) electrons. The van der Waals surface area contributed by atoms with E-state index in [0.29, 0.717) is 12.6 Å². The molecule has 1 heterocycles. The van der Waals surface area contributed by atoms with Crippen LogP contribution >= 0.6 is 0 Å². The van der Waals surface area contributed by atoms with Crippen LogP contribution in [0.5, 0.6) is 0 Å². The number of anilines is 1. The largest absolute Gasteiger partial charge is 0.394 e. The molecular formula is C13H23N3O. The Morgan fingerprint density at radius 1 is 1.29 bits per heavy atom. The highest BCUT2D eigenvalue weighted by atomic mass is 16.3. The lowest BCUT2D eigenvalue weighted by molar-refractivity contribution is 0.270. The summed E-state index contributed by atoms with van der Waals surface area (Å²) in [5.74, 6) is 1.10. The fourth-order valence-electron chi connectivity index (χ4n) is 2.55. The molecule has 0 amide bonds. The van der Waals surface area contributed by atoms with Crippen molar-refractivity contribution >= 4 is 5.82 Å². The van der Waals surface area contributed by atoms with Crippen LogP contribution in [-0.2, 0) is 6.54 Å². The van der Waals surface area contributed by atoms with Crippen LogP contribution in [-0.4, -0.2) is 27.5 Å². The minimum atomic E-state index is 0.139. The molecule has 2 rings (SSSR count). The van der Waals surface area contributed by atoms with Crippen LogP contribution in [0.15, 0.2) is 0 Å². The molecule has 4 heteroatoms. The summed E-state index contributed by atoms with van der Waals surface area (Å²) in [6, 6.07) is 0.580. The average molecular weight is 237 g/mol. The van der Waals surface area contributed by atoms with Crippen molar-refractivity contribution in [3.8, 4) is 0 Å². The van der Waals surface area contributed by atoms with Gasteiger partial charge in [-0.15, -0.1) is 0 Å². The van der Waals surface area contributed by atoms with E-state index < -0.39 is 0 Å². The van der Waals surface area contributed by atoms with Gasteiger partial charge in [-0.2, -0.15) is 5.10 Å². The number of aliphatic hydroxyl groups is 1. The molecule has 96 valence electrons. The minimum absolute atomic E-state index is 0.139. The smallest absolute Gasteiger partial charge is 0.127 e. The zero-order chi connectivity index (χ0) is 12.3. The summed E-state index contributed by atoms with van der Waals surface area (Å²) < 4.78 is 1.90. The van der Waals surface area contributed by atoms with Crippen LogP contribution < -0.4 is 5.32 Å². The first-order valence-electron chi connectivity index (χ1n) is 6.63. The van der Waals surface area contributed by atoms with Crippen LogP contribution in [0.4, 0.5) is 5.82 Å². The molecule has 0 unspecified atom stereocenters. The van der Waals surface area contributed by atoms with Gasteiger partial charge in [0.1, 0.15) is 5.82 Å². The second-order valence-corrected chi connectivity index (χ2v) is 4.99. The van der Waals surface area contributed by atoms with Gasteiger partial charge in [-0.1, -0.05) is 19.3 Å². The number of aryl methyl sites for hydroxylation is 1. The number of hydrogen-bond acceptors (Lipinski definition) is 3. The quantitative estimate of drug-likeness (QED) is 0.844. The second-order valence-electron chi connectivity index (χ2n) is 4.99. The average Bonchev–Trinajstić information content (AvgIpc) is 2.59. The lowest BCUT2D eigenvalue weighted by Gasteiger charge is -2.24. The van der Waals surface area contributed by atoms with Crippen LogP contribution in [0.1, 0.15) is 43.4 Å².